The molecular weight excluding hydrogens is 301 g/mol. The Labute approximate surface area is 124 Å². The van der Waals surface area contributed by atoms with Gasteiger partial charge in [-0.1, -0.05) is 12.1 Å². The van der Waals surface area contributed by atoms with E-state index in [1.807, 2.05) is 20.0 Å². The van der Waals surface area contributed by atoms with Crippen molar-refractivity contribution in [1.29, 1.82) is 0 Å². The molecule has 0 aliphatic heterocycles. The number of ether oxygens (including phenoxy) is 1. The number of hydrogen-bond donors (Lipinski definition) is 1. The molecule has 1 atom stereocenters. The third-order valence-corrected chi connectivity index (χ3v) is 3.76. The van der Waals surface area contributed by atoms with E-state index >= 15 is 0 Å². The first-order valence-electron chi connectivity index (χ1n) is 6.34. The molecular formula is C14H15F3N2OS. The highest BCUT2D eigenvalue weighted by Crippen LogP contribution is 2.24. The van der Waals surface area contributed by atoms with Gasteiger partial charge in [-0.15, -0.1) is 24.5 Å². The van der Waals surface area contributed by atoms with Gasteiger partial charge in [0.15, 0.2) is 0 Å². The standard InChI is InChI=1S/C14H15F3N2OS/c1-9-7-19-13(21-9)8-18-10(2)11-3-5-12(6-4-11)20-14(15,16)17/h3-7,10,18H,8H2,1-2H3. The van der Waals surface area contributed by atoms with Gasteiger partial charge < -0.3 is 10.1 Å². The number of nitrogens with zero attached hydrogens (tertiary/aromatic N) is 1. The van der Waals surface area contributed by atoms with E-state index in [1.165, 1.54) is 12.1 Å². The molecule has 1 heterocycles. The van der Waals surface area contributed by atoms with E-state index in [4.69, 9.17) is 0 Å². The average molecular weight is 316 g/mol. The molecule has 0 radical (unpaired) electrons. The zero-order chi connectivity index (χ0) is 15.5. The van der Waals surface area contributed by atoms with Gasteiger partial charge in [0.05, 0.1) is 0 Å². The number of rotatable bonds is 5. The van der Waals surface area contributed by atoms with E-state index in [2.05, 4.69) is 15.0 Å². The Kier molecular flexibility index (Phi) is 4.84. The van der Waals surface area contributed by atoms with Crippen molar-refractivity contribution in [2.75, 3.05) is 0 Å². The van der Waals surface area contributed by atoms with Gasteiger partial charge >= 0.3 is 6.36 Å². The molecule has 2 aromatic rings. The van der Waals surface area contributed by atoms with Crippen LogP contribution in [0.2, 0.25) is 0 Å². The van der Waals surface area contributed by atoms with Gasteiger partial charge in [0.25, 0.3) is 0 Å². The molecule has 2 rings (SSSR count). The molecule has 0 saturated heterocycles. The maximum Gasteiger partial charge on any atom is 0.573 e. The second-order valence-electron chi connectivity index (χ2n) is 4.58. The number of aryl methyl sites for hydroxylation is 1. The fourth-order valence-electron chi connectivity index (χ4n) is 1.80. The lowest BCUT2D eigenvalue weighted by Crippen LogP contribution is -2.19. The number of nitrogens with one attached hydrogen (secondary N) is 1. The molecule has 1 aromatic heterocycles. The summed E-state index contributed by atoms with van der Waals surface area (Å²) in [5.74, 6) is -0.214. The highest BCUT2D eigenvalue weighted by molar-refractivity contribution is 7.11. The molecule has 3 nitrogen and oxygen atoms in total. The van der Waals surface area contributed by atoms with E-state index in [0.717, 1.165) is 15.4 Å². The molecule has 7 heteroatoms. The zero-order valence-corrected chi connectivity index (χ0v) is 12.4. The van der Waals surface area contributed by atoms with Gasteiger partial charge in [0.2, 0.25) is 0 Å². The van der Waals surface area contributed by atoms with Crippen molar-refractivity contribution < 1.29 is 17.9 Å². The van der Waals surface area contributed by atoms with Gasteiger partial charge in [0.1, 0.15) is 10.8 Å². The summed E-state index contributed by atoms with van der Waals surface area (Å²) < 4.78 is 40.1. The zero-order valence-electron chi connectivity index (χ0n) is 11.6. The van der Waals surface area contributed by atoms with Crippen LogP contribution in [-0.4, -0.2) is 11.3 Å². The summed E-state index contributed by atoms with van der Waals surface area (Å²) in [7, 11) is 0. The van der Waals surface area contributed by atoms with Crippen molar-refractivity contribution in [2.24, 2.45) is 0 Å². The van der Waals surface area contributed by atoms with Crippen molar-refractivity contribution in [3.8, 4) is 5.75 Å². The average Bonchev–Trinajstić information content (AvgIpc) is 2.81. The van der Waals surface area contributed by atoms with Crippen LogP contribution in [0.25, 0.3) is 0 Å². The lowest BCUT2D eigenvalue weighted by atomic mass is 10.1. The Hall–Kier alpha value is -1.60. The summed E-state index contributed by atoms with van der Waals surface area (Å²) in [6.45, 7) is 4.56. The van der Waals surface area contributed by atoms with Crippen LogP contribution in [0.4, 0.5) is 13.2 Å². The van der Waals surface area contributed by atoms with Crippen LogP contribution in [0.5, 0.6) is 5.75 Å². The van der Waals surface area contributed by atoms with Crippen molar-refractivity contribution in [1.82, 2.24) is 10.3 Å². The molecule has 0 fully saturated rings. The highest BCUT2D eigenvalue weighted by atomic mass is 32.1. The van der Waals surface area contributed by atoms with E-state index in [9.17, 15) is 13.2 Å². The van der Waals surface area contributed by atoms with Crippen LogP contribution in [0.3, 0.4) is 0 Å². The lowest BCUT2D eigenvalue weighted by Gasteiger charge is -2.14. The SMILES string of the molecule is Cc1cnc(CNC(C)c2ccc(OC(F)(F)F)cc2)s1. The minimum absolute atomic E-state index is 0.00847. The molecule has 0 amide bonds. The molecule has 114 valence electrons. The minimum Gasteiger partial charge on any atom is -0.406 e. The number of benzene rings is 1. The van der Waals surface area contributed by atoms with Crippen LogP contribution < -0.4 is 10.1 Å². The lowest BCUT2D eigenvalue weighted by molar-refractivity contribution is -0.274. The monoisotopic (exact) mass is 316 g/mol. The third kappa shape index (κ3) is 5.02. The van der Waals surface area contributed by atoms with Crippen LogP contribution in [0.1, 0.15) is 28.4 Å². The predicted octanol–water partition coefficient (Wildman–Crippen LogP) is 4.20. The summed E-state index contributed by atoms with van der Waals surface area (Å²) in [6.07, 6.45) is -2.84. The molecule has 0 aliphatic rings. The quantitative estimate of drug-likeness (QED) is 0.897. The van der Waals surface area contributed by atoms with Crippen LogP contribution >= 0.6 is 11.3 Å². The van der Waals surface area contributed by atoms with Crippen LogP contribution in [-0.2, 0) is 6.54 Å². The van der Waals surface area contributed by atoms with E-state index in [-0.39, 0.29) is 11.8 Å². The van der Waals surface area contributed by atoms with Crippen molar-refractivity contribution in [2.45, 2.75) is 32.8 Å². The van der Waals surface area contributed by atoms with Crippen molar-refractivity contribution in [3.05, 3.63) is 45.9 Å². The first-order chi connectivity index (χ1) is 9.83. The Morgan fingerprint density at radius 1 is 1.29 bits per heavy atom. The van der Waals surface area contributed by atoms with Crippen molar-refractivity contribution >= 4 is 11.3 Å². The van der Waals surface area contributed by atoms with E-state index in [1.54, 1.807) is 23.5 Å². The molecule has 1 aromatic carbocycles. The second kappa shape index (κ2) is 6.44. The molecule has 0 aliphatic carbocycles. The Bertz CT molecular complexity index is 581. The summed E-state index contributed by atoms with van der Waals surface area (Å²) in [6, 6.07) is 5.87. The van der Waals surface area contributed by atoms with Gasteiger partial charge in [-0.3, -0.25) is 0 Å². The Balaban J connectivity index is 1.91. The first-order valence-corrected chi connectivity index (χ1v) is 7.15. The summed E-state index contributed by atoms with van der Waals surface area (Å²) >= 11 is 1.62. The predicted molar refractivity (Wildman–Crippen MR) is 75.2 cm³/mol. The number of halogens is 3. The fourth-order valence-corrected chi connectivity index (χ4v) is 2.54. The Morgan fingerprint density at radius 3 is 2.48 bits per heavy atom. The first kappa shape index (κ1) is 15.8. The summed E-state index contributed by atoms with van der Waals surface area (Å²) in [5, 5.41) is 4.26. The topological polar surface area (TPSA) is 34.2 Å². The molecule has 0 saturated carbocycles. The summed E-state index contributed by atoms with van der Waals surface area (Å²) in [5.41, 5.74) is 0.887. The maximum atomic E-state index is 12.1. The molecule has 21 heavy (non-hydrogen) atoms. The fraction of sp³-hybridized carbons (Fsp3) is 0.357. The van der Waals surface area contributed by atoms with Gasteiger partial charge in [-0.05, 0) is 31.5 Å². The second-order valence-corrected chi connectivity index (χ2v) is 5.90. The number of thiazole rings is 1. The van der Waals surface area contributed by atoms with E-state index in [0.29, 0.717) is 6.54 Å². The van der Waals surface area contributed by atoms with Crippen molar-refractivity contribution in [3.63, 3.8) is 0 Å². The van der Waals surface area contributed by atoms with Gasteiger partial charge in [-0.2, -0.15) is 0 Å². The van der Waals surface area contributed by atoms with Crippen LogP contribution in [0.15, 0.2) is 30.5 Å². The maximum absolute atomic E-state index is 12.1. The smallest absolute Gasteiger partial charge is 0.406 e. The van der Waals surface area contributed by atoms with Gasteiger partial charge in [0, 0.05) is 23.7 Å². The number of alkyl halides is 3. The molecule has 0 spiro atoms. The van der Waals surface area contributed by atoms with Crippen LogP contribution in [0, 0.1) is 6.92 Å². The normalized spacial score (nSPS) is 13.2. The largest absolute Gasteiger partial charge is 0.573 e. The highest BCUT2D eigenvalue weighted by Gasteiger charge is 2.30. The van der Waals surface area contributed by atoms with E-state index < -0.39 is 6.36 Å². The Morgan fingerprint density at radius 2 is 1.95 bits per heavy atom. The summed E-state index contributed by atoms with van der Waals surface area (Å²) in [4.78, 5) is 5.39. The number of hydrogen-bond acceptors (Lipinski definition) is 4. The molecule has 1 unspecified atom stereocenters. The van der Waals surface area contributed by atoms with Gasteiger partial charge in [-0.25, -0.2) is 4.98 Å². The molecule has 1 N–H and O–H groups in total. The minimum atomic E-state index is -4.66. The number of aromatic nitrogens is 1. The third-order valence-electron chi connectivity index (χ3n) is 2.84. The molecule has 0 bridgehead atoms.